The maximum atomic E-state index is 13.7. The number of para-hydroxylation sites is 1. The third-order valence-corrected chi connectivity index (χ3v) is 6.56. The Morgan fingerprint density at radius 3 is 2.13 bits per heavy atom. The first-order valence-corrected chi connectivity index (χ1v) is 13.1. The molecule has 0 spiro atoms. The summed E-state index contributed by atoms with van der Waals surface area (Å²) in [6.45, 7) is 0.355. The van der Waals surface area contributed by atoms with E-state index in [1.54, 1.807) is 36.3 Å². The van der Waals surface area contributed by atoms with Crippen LogP contribution in [0, 0.1) is 0 Å². The Morgan fingerprint density at radius 2 is 1.46 bits per heavy atom. The van der Waals surface area contributed by atoms with E-state index in [2.05, 4.69) is 5.32 Å². The van der Waals surface area contributed by atoms with Crippen molar-refractivity contribution in [2.45, 2.75) is 19.0 Å². The van der Waals surface area contributed by atoms with E-state index in [1.807, 2.05) is 84.9 Å². The van der Waals surface area contributed by atoms with Crippen molar-refractivity contribution in [1.82, 2.24) is 10.2 Å². The van der Waals surface area contributed by atoms with E-state index in [1.165, 1.54) is 0 Å². The lowest BCUT2D eigenvalue weighted by Gasteiger charge is -2.31. The normalized spacial score (nSPS) is 11.3. The van der Waals surface area contributed by atoms with Crippen molar-refractivity contribution in [3.8, 4) is 11.5 Å². The van der Waals surface area contributed by atoms with Gasteiger partial charge in [0.2, 0.25) is 5.91 Å². The van der Waals surface area contributed by atoms with E-state index in [4.69, 9.17) is 21.1 Å². The first-order chi connectivity index (χ1) is 19.0. The van der Waals surface area contributed by atoms with Gasteiger partial charge in [-0.05, 0) is 47.4 Å². The van der Waals surface area contributed by atoms with Gasteiger partial charge in [-0.2, -0.15) is 0 Å². The second kappa shape index (κ2) is 14.0. The molecule has 7 heteroatoms. The smallest absolute Gasteiger partial charge is 0.261 e. The van der Waals surface area contributed by atoms with Crippen molar-refractivity contribution < 1.29 is 19.1 Å². The fraction of sp³-hybridized carbons (Fsp3) is 0.188. The standard InChI is InChI=1S/C32H31ClN2O4/c1-38-27-18-16-25(17-19-27)22-35(30(36)23-39-29-15-9-8-14-28(29)33)31(26-12-6-3-7-13-26)32(37)34-21-20-24-10-4-2-5-11-24/h2-19,31H,20-23H2,1H3,(H,34,37)/t31-/m1/s1. The van der Waals surface area contributed by atoms with Gasteiger partial charge in [-0.15, -0.1) is 0 Å². The minimum atomic E-state index is -0.869. The lowest BCUT2D eigenvalue weighted by atomic mass is 10.0. The van der Waals surface area contributed by atoms with Crippen LogP contribution in [-0.2, 0) is 22.6 Å². The number of halogens is 1. The molecule has 1 atom stereocenters. The van der Waals surface area contributed by atoms with Crippen molar-refractivity contribution in [3.63, 3.8) is 0 Å². The van der Waals surface area contributed by atoms with Crippen molar-refractivity contribution in [3.05, 3.63) is 131 Å². The topological polar surface area (TPSA) is 67.9 Å². The molecule has 0 bridgehead atoms. The number of carbonyl (C=O) groups is 2. The summed E-state index contributed by atoms with van der Waals surface area (Å²) in [4.78, 5) is 29.0. The lowest BCUT2D eigenvalue weighted by molar-refractivity contribution is -0.143. The Labute approximate surface area is 234 Å². The van der Waals surface area contributed by atoms with E-state index in [9.17, 15) is 9.59 Å². The Hall–Kier alpha value is -4.29. The van der Waals surface area contributed by atoms with Gasteiger partial charge in [-0.3, -0.25) is 9.59 Å². The van der Waals surface area contributed by atoms with Crippen LogP contribution in [0.1, 0.15) is 22.7 Å². The van der Waals surface area contributed by atoms with Crippen LogP contribution in [0.3, 0.4) is 0 Å². The lowest BCUT2D eigenvalue weighted by Crippen LogP contribution is -2.45. The van der Waals surface area contributed by atoms with Gasteiger partial charge in [0.1, 0.15) is 17.5 Å². The fourth-order valence-electron chi connectivity index (χ4n) is 4.21. The number of hydrogen-bond acceptors (Lipinski definition) is 4. The van der Waals surface area contributed by atoms with Crippen molar-refractivity contribution in [2.24, 2.45) is 0 Å². The summed E-state index contributed by atoms with van der Waals surface area (Å²) in [5.41, 5.74) is 2.67. The summed E-state index contributed by atoms with van der Waals surface area (Å²) in [6.07, 6.45) is 0.677. The molecule has 0 fully saturated rings. The molecule has 39 heavy (non-hydrogen) atoms. The quantitative estimate of drug-likeness (QED) is 0.244. The summed E-state index contributed by atoms with van der Waals surface area (Å²) in [5, 5.41) is 3.44. The summed E-state index contributed by atoms with van der Waals surface area (Å²) in [5.74, 6) is 0.493. The third kappa shape index (κ3) is 7.85. The molecule has 0 aliphatic heterocycles. The van der Waals surface area contributed by atoms with Gasteiger partial charge >= 0.3 is 0 Å². The molecule has 4 aromatic rings. The van der Waals surface area contributed by atoms with Gasteiger partial charge in [0, 0.05) is 13.1 Å². The van der Waals surface area contributed by atoms with E-state index >= 15 is 0 Å². The van der Waals surface area contributed by atoms with Crippen LogP contribution in [0.15, 0.2) is 109 Å². The molecule has 1 N–H and O–H groups in total. The van der Waals surface area contributed by atoms with Gasteiger partial charge in [0.25, 0.3) is 5.91 Å². The number of nitrogens with zero attached hydrogens (tertiary/aromatic N) is 1. The first-order valence-electron chi connectivity index (χ1n) is 12.7. The molecule has 0 aliphatic rings. The van der Waals surface area contributed by atoms with E-state index in [0.29, 0.717) is 35.1 Å². The zero-order chi connectivity index (χ0) is 27.5. The molecular formula is C32H31ClN2O4. The number of benzene rings is 4. The van der Waals surface area contributed by atoms with Crippen molar-refractivity contribution in [2.75, 3.05) is 20.3 Å². The monoisotopic (exact) mass is 542 g/mol. The average molecular weight is 543 g/mol. The third-order valence-electron chi connectivity index (χ3n) is 6.25. The molecular weight excluding hydrogens is 512 g/mol. The van der Waals surface area contributed by atoms with Crippen LogP contribution < -0.4 is 14.8 Å². The van der Waals surface area contributed by atoms with E-state index < -0.39 is 6.04 Å². The largest absolute Gasteiger partial charge is 0.497 e. The predicted molar refractivity (Wildman–Crippen MR) is 153 cm³/mol. The number of amides is 2. The van der Waals surface area contributed by atoms with Crippen LogP contribution in [0.25, 0.3) is 0 Å². The van der Waals surface area contributed by atoms with Crippen LogP contribution >= 0.6 is 11.6 Å². The molecule has 0 heterocycles. The van der Waals surface area contributed by atoms with Crippen molar-refractivity contribution >= 4 is 23.4 Å². The maximum Gasteiger partial charge on any atom is 0.261 e. The zero-order valence-electron chi connectivity index (χ0n) is 21.8. The highest BCUT2D eigenvalue weighted by Gasteiger charge is 2.31. The molecule has 2 amide bonds. The summed E-state index contributed by atoms with van der Waals surface area (Å²) >= 11 is 6.24. The molecule has 0 radical (unpaired) electrons. The van der Waals surface area contributed by atoms with E-state index in [0.717, 1.165) is 11.1 Å². The number of nitrogens with one attached hydrogen (secondary N) is 1. The number of ether oxygens (including phenoxy) is 2. The highest BCUT2D eigenvalue weighted by atomic mass is 35.5. The minimum absolute atomic E-state index is 0.195. The Bertz CT molecular complexity index is 1350. The van der Waals surface area contributed by atoms with Crippen LogP contribution in [0.2, 0.25) is 5.02 Å². The molecule has 0 aromatic heterocycles. The molecule has 0 saturated heterocycles. The molecule has 200 valence electrons. The zero-order valence-corrected chi connectivity index (χ0v) is 22.5. The number of hydrogen-bond donors (Lipinski definition) is 1. The second-order valence-corrected chi connectivity index (χ2v) is 9.34. The van der Waals surface area contributed by atoms with Gasteiger partial charge in [0.15, 0.2) is 6.61 Å². The Kier molecular flexibility index (Phi) is 9.98. The molecule has 6 nitrogen and oxygen atoms in total. The summed E-state index contributed by atoms with van der Waals surface area (Å²) < 4.78 is 11.1. The van der Waals surface area contributed by atoms with E-state index in [-0.39, 0.29) is 25.0 Å². The number of methoxy groups -OCH3 is 1. The van der Waals surface area contributed by atoms with Crippen molar-refractivity contribution in [1.29, 1.82) is 0 Å². The van der Waals surface area contributed by atoms with Gasteiger partial charge in [0.05, 0.1) is 12.1 Å². The van der Waals surface area contributed by atoms with Crippen LogP contribution in [-0.4, -0.2) is 37.0 Å². The predicted octanol–water partition coefficient (Wildman–Crippen LogP) is 5.86. The maximum absolute atomic E-state index is 13.7. The van der Waals surface area contributed by atoms with Crippen LogP contribution in [0.4, 0.5) is 0 Å². The SMILES string of the molecule is COc1ccc(CN(C(=O)COc2ccccc2Cl)[C@@H](C(=O)NCCc2ccccc2)c2ccccc2)cc1. The van der Waals surface area contributed by atoms with Gasteiger partial charge in [-0.25, -0.2) is 0 Å². The Morgan fingerprint density at radius 1 is 0.821 bits per heavy atom. The highest BCUT2D eigenvalue weighted by Crippen LogP contribution is 2.27. The summed E-state index contributed by atoms with van der Waals surface area (Å²) in [7, 11) is 1.60. The molecule has 0 unspecified atom stereocenters. The summed E-state index contributed by atoms with van der Waals surface area (Å²) in [6, 6.07) is 32.8. The van der Waals surface area contributed by atoms with Gasteiger partial charge in [-0.1, -0.05) is 96.5 Å². The molecule has 0 saturated carbocycles. The fourth-order valence-corrected chi connectivity index (χ4v) is 4.41. The van der Waals surface area contributed by atoms with Gasteiger partial charge < -0.3 is 19.7 Å². The first kappa shape index (κ1) is 27.7. The number of carbonyl (C=O) groups excluding carboxylic acids is 2. The highest BCUT2D eigenvalue weighted by molar-refractivity contribution is 6.32. The Balaban J connectivity index is 1.60. The molecule has 0 aliphatic carbocycles. The van der Waals surface area contributed by atoms with Crippen LogP contribution in [0.5, 0.6) is 11.5 Å². The number of rotatable bonds is 12. The second-order valence-electron chi connectivity index (χ2n) is 8.93. The molecule has 4 rings (SSSR count). The average Bonchev–Trinajstić information content (AvgIpc) is 2.98. The minimum Gasteiger partial charge on any atom is -0.497 e. The molecule has 4 aromatic carbocycles.